The number of amides is 1. The fourth-order valence-electron chi connectivity index (χ4n) is 1.95. The summed E-state index contributed by atoms with van der Waals surface area (Å²) in [5.41, 5.74) is 0.596. The fraction of sp³-hybridized carbons (Fsp3) is 0.250. The van der Waals surface area contributed by atoms with Crippen LogP contribution in [0, 0.1) is 5.92 Å². The van der Waals surface area contributed by atoms with Crippen LogP contribution in [0.2, 0.25) is 0 Å². The molecule has 2 aromatic rings. The lowest BCUT2D eigenvalue weighted by atomic mass is 10.3. The molecule has 1 aliphatic carbocycles. The summed E-state index contributed by atoms with van der Waals surface area (Å²) >= 11 is 0.950. The molecule has 114 valence electrons. The molecule has 2 N–H and O–H groups in total. The van der Waals surface area contributed by atoms with Gasteiger partial charge in [0.1, 0.15) is 10.6 Å². The van der Waals surface area contributed by atoms with Crippen LogP contribution in [0.25, 0.3) is 0 Å². The number of carbonyl (C=O) groups is 2. The molecule has 0 radical (unpaired) electrons. The lowest BCUT2D eigenvalue weighted by Gasteiger charge is -2.11. The van der Waals surface area contributed by atoms with E-state index in [9.17, 15) is 9.59 Å². The monoisotopic (exact) mass is 317 g/mol. The number of carboxylic acids is 1. The molecule has 1 saturated carbocycles. The van der Waals surface area contributed by atoms with Gasteiger partial charge >= 0.3 is 5.97 Å². The van der Waals surface area contributed by atoms with Gasteiger partial charge in [-0.3, -0.25) is 4.79 Å². The van der Waals surface area contributed by atoms with Crippen LogP contribution in [-0.2, 0) is 0 Å². The molecular weight excluding hydrogens is 302 g/mol. The van der Waals surface area contributed by atoms with E-state index in [2.05, 4.69) is 5.32 Å². The number of aromatic carboxylic acids is 1. The van der Waals surface area contributed by atoms with Crippen LogP contribution >= 0.6 is 11.3 Å². The molecule has 1 heterocycles. The first kappa shape index (κ1) is 14.6. The molecule has 6 heteroatoms. The first-order valence-corrected chi connectivity index (χ1v) is 7.81. The van der Waals surface area contributed by atoms with Gasteiger partial charge in [-0.05, 0) is 43.0 Å². The second-order valence-electron chi connectivity index (χ2n) is 5.17. The van der Waals surface area contributed by atoms with Crippen molar-refractivity contribution in [2.75, 3.05) is 11.9 Å². The van der Waals surface area contributed by atoms with E-state index in [0.717, 1.165) is 11.3 Å². The predicted octanol–water partition coefficient (Wildman–Crippen LogP) is 3.49. The van der Waals surface area contributed by atoms with E-state index in [-0.39, 0.29) is 10.8 Å². The molecule has 0 bridgehead atoms. The number of rotatable bonds is 6. The Balaban J connectivity index is 1.70. The molecule has 22 heavy (non-hydrogen) atoms. The SMILES string of the molecule is O=C(O)c1ccc(C(=O)Nc2ccccc2OCC2CC2)s1. The maximum Gasteiger partial charge on any atom is 0.345 e. The average molecular weight is 317 g/mol. The number of nitrogens with one attached hydrogen (secondary N) is 1. The number of para-hydroxylation sites is 2. The summed E-state index contributed by atoms with van der Waals surface area (Å²) in [6.45, 7) is 0.662. The Morgan fingerprint density at radius 1 is 1.18 bits per heavy atom. The summed E-state index contributed by atoms with van der Waals surface area (Å²) in [6, 6.07) is 10.2. The van der Waals surface area contributed by atoms with Gasteiger partial charge in [0.05, 0.1) is 17.2 Å². The Morgan fingerprint density at radius 3 is 2.59 bits per heavy atom. The highest BCUT2D eigenvalue weighted by molar-refractivity contribution is 7.15. The first-order valence-electron chi connectivity index (χ1n) is 7.00. The Labute approximate surface area is 131 Å². The number of carbonyl (C=O) groups excluding carboxylic acids is 1. The largest absolute Gasteiger partial charge is 0.491 e. The molecule has 0 atom stereocenters. The first-order chi connectivity index (χ1) is 10.6. The number of anilines is 1. The van der Waals surface area contributed by atoms with Gasteiger partial charge in [-0.1, -0.05) is 12.1 Å². The van der Waals surface area contributed by atoms with Gasteiger partial charge in [-0.15, -0.1) is 11.3 Å². The van der Waals surface area contributed by atoms with Crippen molar-refractivity contribution in [3.05, 3.63) is 46.2 Å². The normalized spacial score (nSPS) is 13.6. The quantitative estimate of drug-likeness (QED) is 0.855. The fourth-order valence-corrected chi connectivity index (χ4v) is 2.69. The van der Waals surface area contributed by atoms with E-state index < -0.39 is 5.97 Å². The molecule has 0 unspecified atom stereocenters. The van der Waals surface area contributed by atoms with Gasteiger partial charge in [0.2, 0.25) is 0 Å². The molecule has 3 rings (SSSR count). The lowest BCUT2D eigenvalue weighted by Crippen LogP contribution is -2.12. The van der Waals surface area contributed by atoms with Crippen molar-refractivity contribution in [2.24, 2.45) is 5.92 Å². The Morgan fingerprint density at radius 2 is 1.91 bits per heavy atom. The maximum atomic E-state index is 12.2. The van der Waals surface area contributed by atoms with E-state index in [1.165, 1.54) is 25.0 Å². The Kier molecular flexibility index (Phi) is 4.11. The molecule has 0 aliphatic heterocycles. The lowest BCUT2D eigenvalue weighted by molar-refractivity contribution is 0.0702. The van der Waals surface area contributed by atoms with Crippen molar-refractivity contribution < 1.29 is 19.4 Å². The highest BCUT2D eigenvalue weighted by atomic mass is 32.1. The summed E-state index contributed by atoms with van der Waals surface area (Å²) < 4.78 is 5.74. The van der Waals surface area contributed by atoms with Crippen LogP contribution in [0.15, 0.2) is 36.4 Å². The van der Waals surface area contributed by atoms with Gasteiger partial charge in [0.15, 0.2) is 0 Å². The summed E-state index contributed by atoms with van der Waals surface area (Å²) in [7, 11) is 0. The van der Waals surface area contributed by atoms with Crippen molar-refractivity contribution in [3.8, 4) is 5.75 Å². The van der Waals surface area contributed by atoms with Crippen molar-refractivity contribution in [1.29, 1.82) is 0 Å². The topological polar surface area (TPSA) is 75.6 Å². The van der Waals surface area contributed by atoms with Crippen molar-refractivity contribution >= 4 is 28.9 Å². The second kappa shape index (κ2) is 6.19. The highest BCUT2D eigenvalue weighted by Gasteiger charge is 2.22. The number of carboxylic acid groups (broad SMARTS) is 1. The van der Waals surface area contributed by atoms with Gasteiger partial charge < -0.3 is 15.2 Å². The molecule has 0 spiro atoms. The van der Waals surface area contributed by atoms with E-state index in [1.54, 1.807) is 6.07 Å². The smallest absolute Gasteiger partial charge is 0.345 e. The number of ether oxygens (including phenoxy) is 1. The minimum Gasteiger partial charge on any atom is -0.491 e. The molecule has 1 fully saturated rings. The van der Waals surface area contributed by atoms with Crippen LogP contribution in [-0.4, -0.2) is 23.6 Å². The third-order valence-electron chi connectivity index (χ3n) is 3.35. The standard InChI is InChI=1S/C16H15NO4S/c18-15(13-7-8-14(22-13)16(19)20)17-11-3-1-2-4-12(11)21-9-10-5-6-10/h1-4,7-8,10H,5-6,9H2,(H,17,18)(H,19,20). The number of hydrogen-bond donors (Lipinski definition) is 2. The zero-order valence-electron chi connectivity index (χ0n) is 11.7. The maximum absolute atomic E-state index is 12.2. The van der Waals surface area contributed by atoms with Crippen molar-refractivity contribution in [1.82, 2.24) is 0 Å². The summed E-state index contributed by atoms with van der Waals surface area (Å²) in [5, 5.41) is 11.7. The molecule has 1 amide bonds. The van der Waals surface area contributed by atoms with Crippen LogP contribution in [0.4, 0.5) is 5.69 Å². The van der Waals surface area contributed by atoms with Gasteiger partial charge in [-0.25, -0.2) is 4.79 Å². The molecular formula is C16H15NO4S. The molecule has 0 saturated heterocycles. The van der Waals surface area contributed by atoms with E-state index in [1.807, 2.05) is 18.2 Å². The average Bonchev–Trinajstić information content (AvgIpc) is 3.19. The van der Waals surface area contributed by atoms with Crippen LogP contribution in [0.5, 0.6) is 5.75 Å². The summed E-state index contributed by atoms with van der Waals surface area (Å²) in [6.07, 6.45) is 2.39. The number of thiophene rings is 1. The van der Waals surface area contributed by atoms with Gasteiger partial charge in [0, 0.05) is 0 Å². The van der Waals surface area contributed by atoms with Crippen LogP contribution in [0.1, 0.15) is 32.2 Å². The van der Waals surface area contributed by atoms with Crippen molar-refractivity contribution in [2.45, 2.75) is 12.8 Å². The van der Waals surface area contributed by atoms with Crippen molar-refractivity contribution in [3.63, 3.8) is 0 Å². The zero-order chi connectivity index (χ0) is 15.5. The highest BCUT2D eigenvalue weighted by Crippen LogP contribution is 2.32. The predicted molar refractivity (Wildman–Crippen MR) is 83.9 cm³/mol. The number of benzene rings is 1. The number of hydrogen-bond acceptors (Lipinski definition) is 4. The third-order valence-corrected chi connectivity index (χ3v) is 4.42. The van der Waals surface area contributed by atoms with E-state index >= 15 is 0 Å². The molecule has 1 aliphatic rings. The Bertz CT molecular complexity index is 706. The zero-order valence-corrected chi connectivity index (χ0v) is 12.6. The van der Waals surface area contributed by atoms with Crippen LogP contribution in [0.3, 0.4) is 0 Å². The second-order valence-corrected chi connectivity index (χ2v) is 6.26. The third kappa shape index (κ3) is 3.46. The van der Waals surface area contributed by atoms with Gasteiger partial charge in [0.25, 0.3) is 5.91 Å². The van der Waals surface area contributed by atoms with Gasteiger partial charge in [-0.2, -0.15) is 0 Å². The summed E-state index contributed by atoms with van der Waals surface area (Å²) in [4.78, 5) is 23.6. The summed E-state index contributed by atoms with van der Waals surface area (Å²) in [5.74, 6) is -0.103. The molecule has 1 aromatic carbocycles. The molecule has 1 aromatic heterocycles. The minimum atomic E-state index is -1.03. The molecule has 5 nitrogen and oxygen atoms in total. The van der Waals surface area contributed by atoms with E-state index in [4.69, 9.17) is 9.84 Å². The van der Waals surface area contributed by atoms with E-state index in [0.29, 0.717) is 28.8 Å². The Hall–Kier alpha value is -2.34. The minimum absolute atomic E-state index is 0.142. The van der Waals surface area contributed by atoms with Crippen LogP contribution < -0.4 is 10.1 Å².